The Hall–Kier alpha value is -0.840. The Morgan fingerprint density at radius 3 is 1.15 bits per heavy atom. The number of azo groups is 2. The van der Waals surface area contributed by atoms with Crippen molar-refractivity contribution in [2.45, 2.75) is 225 Å². The number of nitrogens with zero attached hydrogens (tertiary/aromatic N) is 5. The Labute approximate surface area is 286 Å². The van der Waals surface area contributed by atoms with Gasteiger partial charge in [0.05, 0.1) is 24.2 Å². The average Bonchev–Trinajstić information content (AvgIpc) is 3.11. The molecular weight excluding hydrogens is 562 g/mol. The molecule has 0 saturated heterocycles. The molecule has 0 N–H and O–H groups in total. The van der Waals surface area contributed by atoms with Crippen LogP contribution in [0.15, 0.2) is 20.5 Å². The zero-order chi connectivity index (χ0) is 32.4. The fraction of sp³-hybridized carbons (Fsp3) is 1.00. The standard InChI is InChI=1S/C41H77N5/c1-5-9-13-33(14-10-6-2)34-15-21-37(22-16-34)42-43-38-23-17-35(18-24-38)36-19-25-39(26-20-36)44-45-40-27-29-41(30-28-40)46(31-11-7-3)32-12-8-4/h33-41H,5-32H2,1-4H3. The fourth-order valence-corrected chi connectivity index (χ4v) is 9.73. The van der Waals surface area contributed by atoms with Crippen LogP contribution >= 0.6 is 0 Å². The van der Waals surface area contributed by atoms with E-state index in [1.165, 1.54) is 180 Å². The summed E-state index contributed by atoms with van der Waals surface area (Å²) in [6, 6.07) is 2.79. The molecule has 4 rings (SSSR count). The van der Waals surface area contributed by atoms with E-state index in [-0.39, 0.29) is 0 Å². The maximum absolute atomic E-state index is 4.97. The smallest absolute Gasteiger partial charge is 0.0709 e. The molecule has 0 amide bonds. The normalized spacial score (nSPS) is 33.1. The molecule has 0 aromatic carbocycles. The topological polar surface area (TPSA) is 52.7 Å². The maximum Gasteiger partial charge on any atom is 0.0709 e. The van der Waals surface area contributed by atoms with Crippen LogP contribution in [0.5, 0.6) is 0 Å². The summed E-state index contributed by atoms with van der Waals surface area (Å²) < 4.78 is 0. The quantitative estimate of drug-likeness (QED) is 0.130. The summed E-state index contributed by atoms with van der Waals surface area (Å²) in [6.45, 7) is 11.9. The van der Waals surface area contributed by atoms with E-state index in [9.17, 15) is 0 Å². The minimum atomic E-state index is 0.487. The molecule has 0 aromatic rings. The Balaban J connectivity index is 1.09. The molecule has 4 aliphatic rings. The highest BCUT2D eigenvalue weighted by atomic mass is 15.2. The summed E-state index contributed by atoms with van der Waals surface area (Å²) in [5.74, 6) is 3.76. The minimum absolute atomic E-state index is 0.487. The Morgan fingerprint density at radius 2 is 0.783 bits per heavy atom. The Bertz CT molecular complexity index is 727. The van der Waals surface area contributed by atoms with E-state index in [1.807, 2.05) is 0 Å². The summed E-state index contributed by atoms with van der Waals surface area (Å²) in [5.41, 5.74) is 0. The van der Waals surface area contributed by atoms with Gasteiger partial charge in [0.15, 0.2) is 0 Å². The largest absolute Gasteiger partial charge is 0.300 e. The van der Waals surface area contributed by atoms with Crippen molar-refractivity contribution in [1.82, 2.24) is 4.90 Å². The van der Waals surface area contributed by atoms with Gasteiger partial charge in [0.2, 0.25) is 0 Å². The highest BCUT2D eigenvalue weighted by Crippen LogP contribution is 2.41. The number of hydrogen-bond acceptors (Lipinski definition) is 5. The van der Waals surface area contributed by atoms with Crippen LogP contribution in [-0.2, 0) is 0 Å². The molecule has 46 heavy (non-hydrogen) atoms. The second-order valence-electron chi connectivity index (χ2n) is 16.4. The first kappa shape index (κ1) is 38.0. The third-order valence-corrected chi connectivity index (χ3v) is 13.0. The van der Waals surface area contributed by atoms with Crippen molar-refractivity contribution in [2.75, 3.05) is 13.1 Å². The van der Waals surface area contributed by atoms with Gasteiger partial charge in [0.25, 0.3) is 0 Å². The predicted octanol–water partition coefficient (Wildman–Crippen LogP) is 12.8. The molecule has 266 valence electrons. The van der Waals surface area contributed by atoms with E-state index in [4.69, 9.17) is 20.5 Å². The molecular formula is C41H77N5. The summed E-state index contributed by atoms with van der Waals surface area (Å²) >= 11 is 0. The van der Waals surface area contributed by atoms with Gasteiger partial charge in [-0.2, -0.15) is 20.5 Å². The van der Waals surface area contributed by atoms with E-state index >= 15 is 0 Å². The van der Waals surface area contributed by atoms with Gasteiger partial charge in [-0.3, -0.25) is 0 Å². The minimum Gasteiger partial charge on any atom is -0.300 e. The second-order valence-corrected chi connectivity index (χ2v) is 16.4. The molecule has 0 atom stereocenters. The van der Waals surface area contributed by atoms with Gasteiger partial charge in [0, 0.05) is 6.04 Å². The van der Waals surface area contributed by atoms with Crippen LogP contribution in [0, 0.1) is 23.7 Å². The lowest BCUT2D eigenvalue weighted by atomic mass is 9.72. The number of hydrogen-bond donors (Lipinski definition) is 0. The SMILES string of the molecule is CCCCC(CCCC)C1CCC(N=NC2CCC(C3CCC(N=NC4CCC(N(CCCC)CCCC)CC4)CC3)CC2)CC1. The van der Waals surface area contributed by atoms with Crippen LogP contribution in [0.25, 0.3) is 0 Å². The molecule has 4 aliphatic carbocycles. The monoisotopic (exact) mass is 640 g/mol. The van der Waals surface area contributed by atoms with Crippen LogP contribution < -0.4 is 0 Å². The van der Waals surface area contributed by atoms with Crippen molar-refractivity contribution in [3.05, 3.63) is 0 Å². The first-order chi connectivity index (χ1) is 22.6. The highest BCUT2D eigenvalue weighted by Gasteiger charge is 2.32. The molecule has 5 heteroatoms. The van der Waals surface area contributed by atoms with Gasteiger partial charge in [-0.25, -0.2) is 0 Å². The van der Waals surface area contributed by atoms with Gasteiger partial charge in [-0.05, 0) is 152 Å². The van der Waals surface area contributed by atoms with Crippen LogP contribution in [-0.4, -0.2) is 48.2 Å². The van der Waals surface area contributed by atoms with E-state index in [2.05, 4.69) is 32.6 Å². The molecule has 0 bridgehead atoms. The van der Waals surface area contributed by atoms with Crippen molar-refractivity contribution in [2.24, 2.45) is 44.1 Å². The first-order valence-electron chi connectivity index (χ1n) is 21.2. The molecule has 0 heterocycles. The lowest BCUT2D eigenvalue weighted by Gasteiger charge is -2.37. The van der Waals surface area contributed by atoms with E-state index in [1.54, 1.807) is 0 Å². The molecule has 0 spiro atoms. The zero-order valence-corrected chi connectivity index (χ0v) is 31.2. The highest BCUT2D eigenvalue weighted by molar-refractivity contribution is 4.87. The lowest BCUT2D eigenvalue weighted by molar-refractivity contribution is 0.143. The van der Waals surface area contributed by atoms with Crippen molar-refractivity contribution in [3.8, 4) is 0 Å². The predicted molar refractivity (Wildman–Crippen MR) is 197 cm³/mol. The molecule has 4 fully saturated rings. The summed E-state index contributed by atoms with van der Waals surface area (Å²) in [6.07, 6.45) is 34.9. The van der Waals surface area contributed by atoms with Crippen LogP contribution in [0.3, 0.4) is 0 Å². The van der Waals surface area contributed by atoms with Crippen molar-refractivity contribution >= 4 is 0 Å². The Kier molecular flexibility index (Phi) is 18.2. The van der Waals surface area contributed by atoms with Gasteiger partial charge >= 0.3 is 0 Å². The number of unbranched alkanes of at least 4 members (excludes halogenated alkanes) is 4. The average molecular weight is 640 g/mol. The van der Waals surface area contributed by atoms with Crippen LogP contribution in [0.4, 0.5) is 0 Å². The lowest BCUT2D eigenvalue weighted by Crippen LogP contribution is -2.40. The Morgan fingerprint density at radius 1 is 0.435 bits per heavy atom. The van der Waals surface area contributed by atoms with Gasteiger partial charge < -0.3 is 4.90 Å². The van der Waals surface area contributed by atoms with E-state index < -0.39 is 0 Å². The second kappa shape index (κ2) is 22.0. The fourth-order valence-electron chi connectivity index (χ4n) is 9.73. The van der Waals surface area contributed by atoms with Gasteiger partial charge in [0.1, 0.15) is 0 Å². The zero-order valence-electron chi connectivity index (χ0n) is 31.2. The van der Waals surface area contributed by atoms with E-state index in [0.29, 0.717) is 24.2 Å². The molecule has 0 radical (unpaired) electrons. The molecule has 0 aliphatic heterocycles. The van der Waals surface area contributed by atoms with Gasteiger partial charge in [-0.15, -0.1) is 0 Å². The van der Waals surface area contributed by atoms with Crippen molar-refractivity contribution in [3.63, 3.8) is 0 Å². The summed E-state index contributed by atoms with van der Waals surface area (Å²) in [5, 5.41) is 19.9. The van der Waals surface area contributed by atoms with E-state index in [0.717, 1.165) is 29.7 Å². The third kappa shape index (κ3) is 12.9. The summed E-state index contributed by atoms with van der Waals surface area (Å²) in [7, 11) is 0. The molecule has 0 unspecified atom stereocenters. The third-order valence-electron chi connectivity index (χ3n) is 13.0. The molecule has 4 saturated carbocycles. The number of rotatable bonds is 19. The maximum atomic E-state index is 4.97. The molecule has 5 nitrogen and oxygen atoms in total. The first-order valence-corrected chi connectivity index (χ1v) is 21.2. The van der Waals surface area contributed by atoms with Crippen molar-refractivity contribution in [1.29, 1.82) is 0 Å². The van der Waals surface area contributed by atoms with Crippen LogP contribution in [0.1, 0.15) is 195 Å². The van der Waals surface area contributed by atoms with Crippen molar-refractivity contribution < 1.29 is 0 Å². The summed E-state index contributed by atoms with van der Waals surface area (Å²) in [4.78, 5) is 2.81. The van der Waals surface area contributed by atoms with Crippen LogP contribution in [0.2, 0.25) is 0 Å². The molecule has 0 aromatic heterocycles. The van der Waals surface area contributed by atoms with Gasteiger partial charge in [-0.1, -0.05) is 79.1 Å².